The molecule has 1 fully saturated rings. The number of nitrogens with zero attached hydrogens (tertiary/aromatic N) is 1. The van der Waals surface area contributed by atoms with E-state index in [1.807, 2.05) is 0 Å². The van der Waals surface area contributed by atoms with Gasteiger partial charge in [0, 0.05) is 24.8 Å². The summed E-state index contributed by atoms with van der Waals surface area (Å²) in [4.78, 5) is 25.9. The summed E-state index contributed by atoms with van der Waals surface area (Å²) in [6, 6.07) is 11.0. The van der Waals surface area contributed by atoms with E-state index in [1.54, 1.807) is 30.3 Å². The molecule has 1 N–H and O–H groups in total. The Morgan fingerprint density at radius 3 is 2.46 bits per heavy atom. The fourth-order valence-corrected chi connectivity index (χ4v) is 2.80. The maximum absolute atomic E-state index is 13.5. The Morgan fingerprint density at radius 2 is 1.79 bits per heavy atom. The van der Waals surface area contributed by atoms with E-state index in [-0.39, 0.29) is 30.1 Å². The fraction of sp³-hybridized carbons (Fsp3) is 0.300. The molecule has 1 heterocycles. The van der Waals surface area contributed by atoms with Gasteiger partial charge in [0.1, 0.15) is 0 Å². The van der Waals surface area contributed by atoms with Crippen molar-refractivity contribution in [2.75, 3.05) is 39.2 Å². The van der Waals surface area contributed by atoms with Crippen LogP contribution in [0.25, 0.3) is 0 Å². The van der Waals surface area contributed by atoms with Gasteiger partial charge in [0.2, 0.25) is 5.91 Å². The van der Waals surface area contributed by atoms with Crippen LogP contribution in [0.4, 0.5) is 10.1 Å². The van der Waals surface area contributed by atoms with Crippen LogP contribution in [0.5, 0.6) is 17.2 Å². The molecule has 0 atom stereocenters. The number of ether oxygens (including phenoxy) is 3. The van der Waals surface area contributed by atoms with Crippen LogP contribution in [0, 0.1) is 11.7 Å². The second kappa shape index (κ2) is 8.60. The zero-order valence-corrected chi connectivity index (χ0v) is 15.6. The van der Waals surface area contributed by atoms with E-state index in [4.69, 9.17) is 14.2 Å². The van der Waals surface area contributed by atoms with Crippen molar-refractivity contribution in [1.82, 2.24) is 4.90 Å². The minimum absolute atomic E-state index is 0.0270. The topological polar surface area (TPSA) is 77.1 Å². The first-order valence-electron chi connectivity index (χ1n) is 8.69. The summed E-state index contributed by atoms with van der Waals surface area (Å²) < 4.78 is 29.1. The minimum atomic E-state index is -0.522. The van der Waals surface area contributed by atoms with E-state index in [0.29, 0.717) is 30.3 Å². The molecule has 148 valence electrons. The largest absolute Gasteiger partial charge is 0.493 e. The number of para-hydroxylation sites is 1. The molecule has 2 aromatic carbocycles. The zero-order chi connectivity index (χ0) is 20.1. The molecular formula is C20H21FN2O5. The maximum Gasteiger partial charge on any atom is 0.260 e. The number of benzene rings is 2. The number of halogens is 1. The Hall–Kier alpha value is -3.29. The summed E-state index contributed by atoms with van der Waals surface area (Å²) in [7, 11) is 3.05. The summed E-state index contributed by atoms with van der Waals surface area (Å²) >= 11 is 0. The Labute approximate surface area is 162 Å². The first-order valence-corrected chi connectivity index (χ1v) is 8.69. The first-order chi connectivity index (χ1) is 13.5. The predicted octanol–water partition coefficient (Wildman–Crippen LogP) is 2.32. The van der Waals surface area contributed by atoms with E-state index in [9.17, 15) is 14.0 Å². The number of carbonyl (C=O) groups excluding carboxylic acids is 2. The average molecular weight is 388 g/mol. The van der Waals surface area contributed by atoms with Crippen LogP contribution in [0.15, 0.2) is 42.5 Å². The van der Waals surface area contributed by atoms with E-state index in [1.165, 1.54) is 31.3 Å². The maximum atomic E-state index is 13.5. The average Bonchev–Trinajstić information content (AvgIpc) is 2.66. The molecule has 0 unspecified atom stereocenters. The quantitative estimate of drug-likeness (QED) is 0.788. The molecule has 0 saturated carbocycles. The molecule has 2 aromatic rings. The standard InChI is InChI=1S/C20H21FN2O5/c1-26-17-8-7-14(9-18(17)27-2)22-20(25)13-10-23(11-13)19(24)12-28-16-6-4-3-5-15(16)21/h3-9,13H,10-12H2,1-2H3,(H,22,25). The number of anilines is 1. The Balaban J connectivity index is 1.47. The van der Waals surface area contributed by atoms with Gasteiger partial charge in [-0.25, -0.2) is 4.39 Å². The van der Waals surface area contributed by atoms with Crippen molar-refractivity contribution in [3.05, 3.63) is 48.3 Å². The lowest BCUT2D eigenvalue weighted by molar-refractivity contribution is -0.143. The van der Waals surface area contributed by atoms with Crippen molar-refractivity contribution in [3.63, 3.8) is 0 Å². The van der Waals surface area contributed by atoms with Crippen LogP contribution in [0.3, 0.4) is 0 Å². The molecule has 8 heteroatoms. The summed E-state index contributed by atoms with van der Waals surface area (Å²) in [5, 5.41) is 2.80. The van der Waals surface area contributed by atoms with Gasteiger partial charge < -0.3 is 24.4 Å². The lowest BCUT2D eigenvalue weighted by Crippen LogP contribution is -2.55. The molecule has 7 nitrogen and oxygen atoms in total. The van der Waals surface area contributed by atoms with Gasteiger partial charge in [-0.1, -0.05) is 12.1 Å². The molecule has 0 aromatic heterocycles. The Bertz CT molecular complexity index is 867. The van der Waals surface area contributed by atoms with E-state index < -0.39 is 5.82 Å². The van der Waals surface area contributed by atoms with Crippen LogP contribution in [-0.2, 0) is 9.59 Å². The molecular weight excluding hydrogens is 367 g/mol. The van der Waals surface area contributed by atoms with Gasteiger partial charge in [-0.3, -0.25) is 9.59 Å². The van der Waals surface area contributed by atoms with Crippen LogP contribution >= 0.6 is 0 Å². The number of rotatable bonds is 7. The van der Waals surface area contributed by atoms with Crippen molar-refractivity contribution in [2.24, 2.45) is 5.92 Å². The smallest absolute Gasteiger partial charge is 0.260 e. The molecule has 28 heavy (non-hydrogen) atoms. The van der Waals surface area contributed by atoms with Crippen molar-refractivity contribution in [3.8, 4) is 17.2 Å². The third-order valence-corrected chi connectivity index (χ3v) is 4.44. The molecule has 0 radical (unpaired) electrons. The van der Waals surface area contributed by atoms with E-state index in [2.05, 4.69) is 5.32 Å². The van der Waals surface area contributed by atoms with E-state index in [0.717, 1.165) is 0 Å². The summed E-state index contributed by atoms with van der Waals surface area (Å²) in [6.45, 7) is 0.308. The number of nitrogens with one attached hydrogen (secondary N) is 1. The van der Waals surface area contributed by atoms with Gasteiger partial charge >= 0.3 is 0 Å². The highest BCUT2D eigenvalue weighted by Gasteiger charge is 2.35. The van der Waals surface area contributed by atoms with Gasteiger partial charge in [0.15, 0.2) is 29.7 Å². The number of amides is 2. The normalized spacial score (nSPS) is 13.5. The van der Waals surface area contributed by atoms with Gasteiger partial charge in [0.25, 0.3) is 5.91 Å². The summed E-state index contributed by atoms with van der Waals surface area (Å²) in [6.07, 6.45) is 0. The number of likely N-dealkylation sites (tertiary alicyclic amines) is 1. The van der Waals surface area contributed by atoms with Crippen LogP contribution in [-0.4, -0.2) is 50.6 Å². The molecule has 0 aliphatic carbocycles. The van der Waals surface area contributed by atoms with Gasteiger partial charge in [-0.15, -0.1) is 0 Å². The number of carbonyl (C=O) groups is 2. The van der Waals surface area contributed by atoms with Gasteiger partial charge in [-0.2, -0.15) is 0 Å². The third-order valence-electron chi connectivity index (χ3n) is 4.44. The van der Waals surface area contributed by atoms with Crippen molar-refractivity contribution >= 4 is 17.5 Å². The second-order valence-electron chi connectivity index (χ2n) is 6.27. The van der Waals surface area contributed by atoms with Crippen LogP contribution in [0.1, 0.15) is 0 Å². The summed E-state index contributed by atoms with van der Waals surface area (Å²) in [5.41, 5.74) is 0.579. The number of hydrogen-bond donors (Lipinski definition) is 1. The number of hydrogen-bond acceptors (Lipinski definition) is 5. The zero-order valence-electron chi connectivity index (χ0n) is 15.6. The molecule has 2 amide bonds. The highest BCUT2D eigenvalue weighted by molar-refractivity contribution is 5.95. The van der Waals surface area contributed by atoms with E-state index >= 15 is 0 Å². The highest BCUT2D eigenvalue weighted by Crippen LogP contribution is 2.30. The van der Waals surface area contributed by atoms with Crippen molar-refractivity contribution in [1.29, 1.82) is 0 Å². The monoisotopic (exact) mass is 388 g/mol. The molecule has 3 rings (SSSR count). The lowest BCUT2D eigenvalue weighted by Gasteiger charge is -2.38. The molecule has 0 spiro atoms. The third kappa shape index (κ3) is 4.33. The van der Waals surface area contributed by atoms with Crippen molar-refractivity contribution < 1.29 is 28.2 Å². The fourth-order valence-electron chi connectivity index (χ4n) is 2.80. The first kappa shape index (κ1) is 19.5. The van der Waals surface area contributed by atoms with Crippen LogP contribution in [0.2, 0.25) is 0 Å². The molecule has 1 aliphatic rings. The number of methoxy groups -OCH3 is 2. The van der Waals surface area contributed by atoms with Gasteiger partial charge in [0.05, 0.1) is 20.1 Å². The van der Waals surface area contributed by atoms with Crippen LogP contribution < -0.4 is 19.5 Å². The SMILES string of the molecule is COc1ccc(NC(=O)C2CN(C(=O)COc3ccccc3F)C2)cc1OC. The van der Waals surface area contributed by atoms with Crippen molar-refractivity contribution in [2.45, 2.75) is 0 Å². The Morgan fingerprint density at radius 1 is 1.07 bits per heavy atom. The predicted molar refractivity (Wildman–Crippen MR) is 100 cm³/mol. The van der Waals surface area contributed by atoms with Gasteiger partial charge in [-0.05, 0) is 24.3 Å². The molecule has 0 bridgehead atoms. The highest BCUT2D eigenvalue weighted by atomic mass is 19.1. The second-order valence-corrected chi connectivity index (χ2v) is 6.27. The minimum Gasteiger partial charge on any atom is -0.493 e. The lowest BCUT2D eigenvalue weighted by atomic mass is 9.99. The molecule has 1 aliphatic heterocycles. The summed E-state index contributed by atoms with van der Waals surface area (Å²) in [5.74, 6) is -0.216. The molecule has 1 saturated heterocycles. The Kier molecular flexibility index (Phi) is 5.98.